The summed E-state index contributed by atoms with van der Waals surface area (Å²) in [5, 5.41) is 1.03. The van der Waals surface area contributed by atoms with E-state index >= 15 is 0 Å². The molecule has 18 heavy (non-hydrogen) atoms. The molecule has 0 aliphatic carbocycles. The Labute approximate surface area is 104 Å². The predicted octanol–water partition coefficient (Wildman–Crippen LogP) is 2.02. The molecule has 92 valence electrons. The lowest BCUT2D eigenvalue weighted by molar-refractivity contribution is -0.146. The molecular weight excluding hydrogens is 230 g/mol. The van der Waals surface area contributed by atoms with E-state index in [-0.39, 0.29) is 5.91 Å². The molecule has 1 atom stereocenters. The number of aromatic nitrogens is 1. The highest BCUT2D eigenvalue weighted by molar-refractivity contribution is 6.06. The van der Waals surface area contributed by atoms with Gasteiger partial charge in [-0.1, -0.05) is 18.2 Å². The van der Waals surface area contributed by atoms with Gasteiger partial charge < -0.3 is 4.74 Å². The van der Waals surface area contributed by atoms with Crippen LogP contribution in [-0.4, -0.2) is 23.1 Å². The Morgan fingerprint density at radius 2 is 2.22 bits per heavy atom. The van der Waals surface area contributed by atoms with Crippen LogP contribution in [0.3, 0.4) is 0 Å². The maximum absolute atomic E-state index is 12.3. The first kappa shape index (κ1) is 11.0. The third kappa shape index (κ3) is 1.45. The van der Waals surface area contributed by atoms with Crippen molar-refractivity contribution in [2.24, 2.45) is 5.92 Å². The Morgan fingerprint density at radius 1 is 1.44 bits per heavy atom. The Hall–Kier alpha value is -2.10. The maximum atomic E-state index is 12.3. The van der Waals surface area contributed by atoms with E-state index in [2.05, 4.69) is 0 Å². The summed E-state index contributed by atoms with van der Waals surface area (Å²) in [5.74, 6) is -1.27. The Kier molecular flexibility index (Phi) is 2.44. The number of ether oxygens (including phenoxy) is 1. The van der Waals surface area contributed by atoms with E-state index in [4.69, 9.17) is 4.74 Å². The molecule has 2 aromatic rings. The van der Waals surface area contributed by atoms with Crippen LogP contribution in [0.5, 0.6) is 0 Å². The summed E-state index contributed by atoms with van der Waals surface area (Å²) in [4.78, 5) is 24.0. The zero-order valence-electron chi connectivity index (χ0n) is 10.1. The lowest BCUT2D eigenvalue weighted by atomic mass is 10.1. The fourth-order valence-electron chi connectivity index (χ4n) is 2.50. The number of fused-ring (bicyclic) bond motifs is 3. The molecule has 0 bridgehead atoms. The van der Waals surface area contributed by atoms with Crippen LogP contribution in [-0.2, 0) is 16.0 Å². The minimum Gasteiger partial charge on any atom is -0.465 e. The van der Waals surface area contributed by atoms with Crippen LogP contribution in [0.15, 0.2) is 30.3 Å². The summed E-state index contributed by atoms with van der Waals surface area (Å²) in [7, 11) is 0. The fourth-order valence-corrected chi connectivity index (χ4v) is 2.50. The summed E-state index contributed by atoms with van der Waals surface area (Å²) in [6.45, 7) is 2.05. The number of nitrogens with zero attached hydrogens (tertiary/aromatic N) is 1. The highest BCUT2D eigenvalue weighted by Gasteiger charge is 2.37. The van der Waals surface area contributed by atoms with Crippen LogP contribution in [0, 0.1) is 5.92 Å². The van der Waals surface area contributed by atoms with Gasteiger partial charge in [-0.2, -0.15) is 0 Å². The monoisotopic (exact) mass is 243 g/mol. The van der Waals surface area contributed by atoms with Crippen molar-refractivity contribution in [3.05, 3.63) is 36.0 Å². The van der Waals surface area contributed by atoms with Gasteiger partial charge in [0, 0.05) is 17.5 Å². The van der Waals surface area contributed by atoms with Crippen molar-refractivity contribution in [2.75, 3.05) is 6.61 Å². The number of esters is 1. The molecule has 2 heterocycles. The van der Waals surface area contributed by atoms with E-state index in [1.165, 1.54) is 0 Å². The fraction of sp³-hybridized carbons (Fsp3) is 0.286. The van der Waals surface area contributed by atoms with Crippen LogP contribution in [0.25, 0.3) is 10.9 Å². The summed E-state index contributed by atoms with van der Waals surface area (Å²) < 4.78 is 6.57. The number of benzene rings is 1. The molecule has 1 aliphatic rings. The Balaban J connectivity index is 2.03. The second-order valence-corrected chi connectivity index (χ2v) is 4.38. The van der Waals surface area contributed by atoms with Crippen molar-refractivity contribution >= 4 is 22.8 Å². The van der Waals surface area contributed by atoms with Gasteiger partial charge in [0.1, 0.15) is 5.92 Å². The first-order valence-electron chi connectivity index (χ1n) is 6.02. The minimum atomic E-state index is -0.676. The van der Waals surface area contributed by atoms with Crippen LogP contribution in [0.1, 0.15) is 17.4 Å². The smallest absolute Gasteiger partial charge is 0.318 e. The largest absolute Gasteiger partial charge is 0.465 e. The number of rotatable bonds is 2. The van der Waals surface area contributed by atoms with Crippen LogP contribution in [0.2, 0.25) is 0 Å². The van der Waals surface area contributed by atoms with Crippen LogP contribution < -0.4 is 0 Å². The lowest BCUT2D eigenvalue weighted by Crippen LogP contribution is -2.25. The van der Waals surface area contributed by atoms with E-state index in [9.17, 15) is 9.59 Å². The van der Waals surface area contributed by atoms with E-state index in [0.717, 1.165) is 16.6 Å². The quantitative estimate of drug-likeness (QED) is 0.599. The molecule has 3 rings (SSSR count). The van der Waals surface area contributed by atoms with Gasteiger partial charge in [0.2, 0.25) is 5.91 Å². The normalized spacial score (nSPS) is 18.1. The molecule has 1 aliphatic heterocycles. The molecule has 1 unspecified atom stereocenters. The molecule has 4 heteroatoms. The van der Waals surface area contributed by atoms with Gasteiger partial charge >= 0.3 is 5.97 Å². The summed E-state index contributed by atoms with van der Waals surface area (Å²) in [6, 6.07) is 9.65. The Morgan fingerprint density at radius 3 is 3.00 bits per heavy atom. The Bertz CT molecular complexity index is 642. The van der Waals surface area contributed by atoms with Crippen molar-refractivity contribution in [3.8, 4) is 0 Å². The second-order valence-electron chi connectivity index (χ2n) is 4.38. The van der Waals surface area contributed by atoms with Crippen LogP contribution >= 0.6 is 0 Å². The summed E-state index contributed by atoms with van der Waals surface area (Å²) >= 11 is 0. The first-order chi connectivity index (χ1) is 8.72. The van der Waals surface area contributed by atoms with Gasteiger partial charge in [0.25, 0.3) is 0 Å². The van der Waals surface area contributed by atoms with E-state index in [0.29, 0.717) is 13.0 Å². The number of hydrogen-bond acceptors (Lipinski definition) is 3. The highest BCUT2D eigenvalue weighted by atomic mass is 16.5. The van der Waals surface area contributed by atoms with Crippen LogP contribution in [0.4, 0.5) is 0 Å². The molecule has 0 fully saturated rings. The molecule has 0 spiro atoms. The van der Waals surface area contributed by atoms with Gasteiger partial charge in [0.05, 0.1) is 12.1 Å². The molecule has 0 saturated heterocycles. The molecule has 0 saturated carbocycles. The summed E-state index contributed by atoms with van der Waals surface area (Å²) in [6.07, 6.45) is 0.437. The number of carbonyl (C=O) groups excluding carboxylic acids is 2. The van der Waals surface area contributed by atoms with E-state index in [1.54, 1.807) is 11.5 Å². The number of hydrogen-bond donors (Lipinski definition) is 0. The number of carbonyl (C=O) groups is 2. The predicted molar refractivity (Wildman–Crippen MR) is 66.4 cm³/mol. The SMILES string of the molecule is CCOC(=O)C1Cc2cc3ccccc3n2C1=O. The molecule has 0 radical (unpaired) electrons. The van der Waals surface area contributed by atoms with Gasteiger partial charge in [0.15, 0.2) is 0 Å². The zero-order chi connectivity index (χ0) is 12.7. The van der Waals surface area contributed by atoms with Crippen molar-refractivity contribution < 1.29 is 14.3 Å². The maximum Gasteiger partial charge on any atom is 0.318 e. The molecule has 1 aromatic heterocycles. The van der Waals surface area contributed by atoms with Crippen molar-refractivity contribution in [3.63, 3.8) is 0 Å². The minimum absolute atomic E-state index is 0.176. The van der Waals surface area contributed by atoms with Crippen molar-refractivity contribution in [1.82, 2.24) is 4.57 Å². The molecule has 4 nitrogen and oxygen atoms in total. The average Bonchev–Trinajstić information content (AvgIpc) is 2.87. The van der Waals surface area contributed by atoms with Gasteiger partial charge in [-0.15, -0.1) is 0 Å². The highest BCUT2D eigenvalue weighted by Crippen LogP contribution is 2.29. The average molecular weight is 243 g/mol. The zero-order valence-corrected chi connectivity index (χ0v) is 10.1. The van der Waals surface area contributed by atoms with Crippen molar-refractivity contribution in [2.45, 2.75) is 13.3 Å². The van der Waals surface area contributed by atoms with Crippen molar-refractivity contribution in [1.29, 1.82) is 0 Å². The molecule has 0 N–H and O–H groups in total. The third-order valence-corrected chi connectivity index (χ3v) is 3.29. The van der Waals surface area contributed by atoms with E-state index < -0.39 is 11.9 Å². The lowest BCUT2D eigenvalue weighted by Gasteiger charge is -2.07. The van der Waals surface area contributed by atoms with Gasteiger partial charge in [-0.3, -0.25) is 14.2 Å². The number of para-hydroxylation sites is 1. The third-order valence-electron chi connectivity index (χ3n) is 3.29. The van der Waals surface area contributed by atoms with Gasteiger partial charge in [-0.25, -0.2) is 0 Å². The standard InChI is InChI=1S/C14H13NO3/c1-2-18-14(17)11-8-10-7-9-5-3-4-6-12(9)15(10)13(11)16/h3-7,11H,2,8H2,1H3. The second kappa shape index (κ2) is 3.98. The topological polar surface area (TPSA) is 48.3 Å². The van der Waals surface area contributed by atoms with Gasteiger partial charge in [-0.05, 0) is 19.1 Å². The molecular formula is C14H13NO3. The molecule has 1 aromatic carbocycles. The van der Waals surface area contributed by atoms with E-state index in [1.807, 2.05) is 30.3 Å². The first-order valence-corrected chi connectivity index (χ1v) is 6.02. The molecule has 0 amide bonds. The summed E-state index contributed by atoms with van der Waals surface area (Å²) in [5.41, 5.74) is 1.75.